The molecule has 4 heteroatoms. The van der Waals surface area contributed by atoms with Crippen molar-refractivity contribution < 1.29 is 9.53 Å². The summed E-state index contributed by atoms with van der Waals surface area (Å²) < 4.78 is 4.99. The zero-order valence-corrected chi connectivity index (χ0v) is 12.5. The highest BCUT2D eigenvalue weighted by Crippen LogP contribution is 2.36. The highest BCUT2D eigenvalue weighted by molar-refractivity contribution is 5.76. The first-order valence-corrected chi connectivity index (χ1v) is 6.92. The molecular weight excluding hydrogens is 228 g/mol. The lowest BCUT2D eigenvalue weighted by molar-refractivity contribution is -0.148. The van der Waals surface area contributed by atoms with Gasteiger partial charge >= 0.3 is 5.97 Å². The van der Waals surface area contributed by atoms with Gasteiger partial charge in [-0.1, -0.05) is 13.8 Å². The Labute approximate surface area is 111 Å². The molecule has 0 N–H and O–H groups in total. The summed E-state index contributed by atoms with van der Waals surface area (Å²) in [6, 6.07) is -0.0302. The summed E-state index contributed by atoms with van der Waals surface area (Å²) in [6.07, 6.45) is 2.33. The van der Waals surface area contributed by atoms with Crippen molar-refractivity contribution in [2.45, 2.75) is 32.7 Å². The Morgan fingerprint density at radius 1 is 1.28 bits per heavy atom. The molecule has 0 aromatic rings. The molecule has 0 amide bonds. The van der Waals surface area contributed by atoms with E-state index in [9.17, 15) is 4.79 Å². The topological polar surface area (TPSA) is 32.8 Å². The molecule has 0 aromatic heterocycles. The van der Waals surface area contributed by atoms with Crippen molar-refractivity contribution >= 4 is 5.97 Å². The van der Waals surface area contributed by atoms with Gasteiger partial charge < -0.3 is 9.64 Å². The lowest BCUT2D eigenvalue weighted by atomic mass is 10.1. The third-order valence-electron chi connectivity index (χ3n) is 3.34. The normalized spacial score (nSPS) is 17.6. The predicted molar refractivity (Wildman–Crippen MR) is 73.5 cm³/mol. The van der Waals surface area contributed by atoms with Gasteiger partial charge in [-0.15, -0.1) is 0 Å². The standard InChI is InChI=1S/C14H28N2O2/c1-11(2)10-16(9-8-15(3)4)13(12-6-7-12)14(17)18-5/h11-13H,6-10H2,1-5H3. The van der Waals surface area contributed by atoms with Gasteiger partial charge in [-0.25, -0.2) is 0 Å². The Balaban J connectivity index is 2.66. The fraction of sp³-hybridized carbons (Fsp3) is 0.929. The van der Waals surface area contributed by atoms with Crippen LogP contribution in [0.15, 0.2) is 0 Å². The maximum Gasteiger partial charge on any atom is 0.323 e. The molecule has 1 fully saturated rings. The van der Waals surface area contributed by atoms with Crippen molar-refractivity contribution in [2.24, 2.45) is 11.8 Å². The maximum absolute atomic E-state index is 12.0. The number of esters is 1. The molecule has 18 heavy (non-hydrogen) atoms. The molecule has 1 aliphatic carbocycles. The SMILES string of the molecule is COC(=O)C(C1CC1)N(CCN(C)C)CC(C)C. The van der Waals surface area contributed by atoms with Crippen LogP contribution in [0.4, 0.5) is 0 Å². The van der Waals surface area contributed by atoms with Crippen LogP contribution < -0.4 is 0 Å². The molecule has 0 heterocycles. The van der Waals surface area contributed by atoms with Crippen LogP contribution in [0.25, 0.3) is 0 Å². The number of carbonyl (C=O) groups is 1. The second-order valence-electron chi connectivity index (χ2n) is 6.00. The van der Waals surface area contributed by atoms with E-state index in [2.05, 4.69) is 37.7 Å². The summed E-state index contributed by atoms with van der Waals surface area (Å²) in [5.41, 5.74) is 0. The predicted octanol–water partition coefficient (Wildman–Crippen LogP) is 1.46. The third kappa shape index (κ3) is 4.94. The smallest absolute Gasteiger partial charge is 0.323 e. The van der Waals surface area contributed by atoms with Gasteiger partial charge in [-0.05, 0) is 38.8 Å². The van der Waals surface area contributed by atoms with E-state index in [1.165, 1.54) is 7.11 Å². The summed E-state index contributed by atoms with van der Waals surface area (Å²) in [4.78, 5) is 16.5. The van der Waals surface area contributed by atoms with Crippen molar-refractivity contribution in [1.82, 2.24) is 9.80 Å². The quantitative estimate of drug-likeness (QED) is 0.616. The van der Waals surface area contributed by atoms with E-state index in [0.717, 1.165) is 32.5 Å². The van der Waals surface area contributed by atoms with Gasteiger partial charge in [-0.3, -0.25) is 9.69 Å². The van der Waals surface area contributed by atoms with E-state index in [1.54, 1.807) is 0 Å². The Kier molecular flexibility index (Phi) is 6.09. The lowest BCUT2D eigenvalue weighted by Crippen LogP contribution is -2.47. The highest BCUT2D eigenvalue weighted by atomic mass is 16.5. The van der Waals surface area contributed by atoms with Gasteiger partial charge in [0.1, 0.15) is 6.04 Å². The zero-order chi connectivity index (χ0) is 13.7. The monoisotopic (exact) mass is 256 g/mol. The van der Waals surface area contributed by atoms with Gasteiger partial charge in [0.25, 0.3) is 0 Å². The second kappa shape index (κ2) is 7.10. The summed E-state index contributed by atoms with van der Waals surface area (Å²) >= 11 is 0. The van der Waals surface area contributed by atoms with Crippen LogP contribution in [0.5, 0.6) is 0 Å². The van der Waals surface area contributed by atoms with Crippen LogP contribution >= 0.6 is 0 Å². The maximum atomic E-state index is 12.0. The average molecular weight is 256 g/mol. The van der Waals surface area contributed by atoms with Crippen molar-refractivity contribution in [3.63, 3.8) is 0 Å². The van der Waals surface area contributed by atoms with Crippen molar-refractivity contribution in [3.05, 3.63) is 0 Å². The highest BCUT2D eigenvalue weighted by Gasteiger charge is 2.40. The second-order valence-corrected chi connectivity index (χ2v) is 6.00. The average Bonchev–Trinajstić information content (AvgIpc) is 3.09. The van der Waals surface area contributed by atoms with Crippen LogP contribution in [0.2, 0.25) is 0 Å². The number of rotatable bonds is 8. The van der Waals surface area contributed by atoms with Gasteiger partial charge in [0.2, 0.25) is 0 Å². The third-order valence-corrected chi connectivity index (χ3v) is 3.34. The van der Waals surface area contributed by atoms with Crippen LogP contribution in [0, 0.1) is 11.8 Å². The first-order chi connectivity index (χ1) is 8.45. The molecule has 0 radical (unpaired) electrons. The van der Waals surface area contributed by atoms with E-state index in [1.807, 2.05) is 0 Å². The fourth-order valence-corrected chi connectivity index (χ4v) is 2.31. The molecule has 4 nitrogen and oxygen atoms in total. The van der Waals surface area contributed by atoms with Gasteiger partial charge in [0.05, 0.1) is 7.11 Å². The molecule has 1 saturated carbocycles. The van der Waals surface area contributed by atoms with Gasteiger partial charge in [0, 0.05) is 19.6 Å². The van der Waals surface area contributed by atoms with E-state index in [4.69, 9.17) is 4.74 Å². The van der Waals surface area contributed by atoms with E-state index >= 15 is 0 Å². The Hall–Kier alpha value is -0.610. The molecular formula is C14H28N2O2. The largest absolute Gasteiger partial charge is 0.468 e. The summed E-state index contributed by atoms with van der Waals surface area (Å²) in [5.74, 6) is 1.02. The molecule has 0 aliphatic heterocycles. The zero-order valence-electron chi connectivity index (χ0n) is 12.5. The van der Waals surface area contributed by atoms with E-state index < -0.39 is 0 Å². The van der Waals surface area contributed by atoms with Gasteiger partial charge in [-0.2, -0.15) is 0 Å². The molecule has 0 spiro atoms. The number of ether oxygens (including phenoxy) is 1. The molecule has 106 valence electrons. The van der Waals surface area contributed by atoms with Crippen LogP contribution in [-0.4, -0.2) is 62.7 Å². The Bertz CT molecular complexity index is 263. The van der Waals surface area contributed by atoms with Crippen molar-refractivity contribution in [2.75, 3.05) is 40.8 Å². The van der Waals surface area contributed by atoms with Crippen LogP contribution in [0.1, 0.15) is 26.7 Å². The van der Waals surface area contributed by atoms with E-state index in [-0.39, 0.29) is 12.0 Å². The molecule has 0 bridgehead atoms. The van der Waals surface area contributed by atoms with Crippen molar-refractivity contribution in [3.8, 4) is 0 Å². The number of likely N-dealkylation sites (N-methyl/N-ethyl adjacent to an activating group) is 1. The molecule has 1 atom stereocenters. The number of nitrogens with zero attached hydrogens (tertiary/aromatic N) is 2. The van der Waals surface area contributed by atoms with E-state index in [0.29, 0.717) is 11.8 Å². The summed E-state index contributed by atoms with van der Waals surface area (Å²) in [7, 11) is 5.63. The van der Waals surface area contributed by atoms with Crippen molar-refractivity contribution in [1.29, 1.82) is 0 Å². The summed E-state index contributed by atoms with van der Waals surface area (Å²) in [5, 5.41) is 0. The number of carbonyl (C=O) groups excluding carboxylic acids is 1. The first-order valence-electron chi connectivity index (χ1n) is 6.92. The number of hydrogen-bond acceptors (Lipinski definition) is 4. The molecule has 0 saturated heterocycles. The molecule has 1 rings (SSSR count). The molecule has 0 aromatic carbocycles. The van der Waals surface area contributed by atoms with Crippen LogP contribution in [0.3, 0.4) is 0 Å². The summed E-state index contributed by atoms with van der Waals surface area (Å²) in [6.45, 7) is 7.27. The molecule has 1 unspecified atom stereocenters. The number of methoxy groups -OCH3 is 1. The minimum Gasteiger partial charge on any atom is -0.468 e. The minimum absolute atomic E-state index is 0.0302. The fourth-order valence-electron chi connectivity index (χ4n) is 2.31. The van der Waals surface area contributed by atoms with Gasteiger partial charge in [0.15, 0.2) is 0 Å². The Morgan fingerprint density at radius 2 is 1.89 bits per heavy atom. The Morgan fingerprint density at radius 3 is 2.28 bits per heavy atom. The lowest BCUT2D eigenvalue weighted by Gasteiger charge is -2.32. The molecule has 1 aliphatic rings. The first kappa shape index (κ1) is 15.4. The van der Waals surface area contributed by atoms with Crippen LogP contribution in [-0.2, 0) is 9.53 Å². The minimum atomic E-state index is -0.0584. The number of hydrogen-bond donors (Lipinski definition) is 0.